The predicted octanol–water partition coefficient (Wildman–Crippen LogP) is 0.980. The van der Waals surface area contributed by atoms with E-state index >= 15 is 0 Å². The molecule has 4 rings (SSSR count). The lowest BCUT2D eigenvalue weighted by Gasteiger charge is -2.25. The molecule has 4 atom stereocenters. The van der Waals surface area contributed by atoms with Gasteiger partial charge in [-0.05, 0) is 49.5 Å². The number of amides is 4. The summed E-state index contributed by atoms with van der Waals surface area (Å²) in [5, 5.41) is 20.9. The standard InChI is InChI=1S/C26H36N4O6/c31-14-20(13-19-10-11-27-23(19)32)28-24(33)21(12-16-6-7-16)29-25(34)22(18-8-9-18)30-26(35)36-15-17-4-2-1-3-5-17/h1-5,16,18-22,31H,6-15H2,(H,27,32)(H,28,33)(H,29,34)(H,30,35)/t19-,20-,21-,22-/m0/s1. The Kier molecular flexibility index (Phi) is 8.79. The molecule has 2 aliphatic carbocycles. The van der Waals surface area contributed by atoms with Gasteiger partial charge in [-0.15, -0.1) is 0 Å². The van der Waals surface area contributed by atoms with E-state index in [1.54, 1.807) is 0 Å². The minimum Gasteiger partial charge on any atom is -0.445 e. The van der Waals surface area contributed by atoms with Crippen molar-refractivity contribution in [3.8, 4) is 0 Å². The van der Waals surface area contributed by atoms with E-state index < -0.39 is 30.1 Å². The van der Waals surface area contributed by atoms with E-state index in [-0.39, 0.29) is 36.9 Å². The second kappa shape index (κ2) is 12.2. The third kappa shape index (κ3) is 7.68. The molecule has 10 heteroatoms. The first-order valence-electron chi connectivity index (χ1n) is 12.9. The van der Waals surface area contributed by atoms with Gasteiger partial charge < -0.3 is 31.1 Å². The molecule has 3 aliphatic rings. The average Bonchev–Trinajstić information content (AvgIpc) is 3.81. The predicted molar refractivity (Wildman–Crippen MR) is 130 cm³/mol. The van der Waals surface area contributed by atoms with Crippen molar-refractivity contribution in [3.63, 3.8) is 0 Å². The summed E-state index contributed by atoms with van der Waals surface area (Å²) in [7, 11) is 0. The van der Waals surface area contributed by atoms with Crippen LogP contribution in [0.1, 0.15) is 50.5 Å². The van der Waals surface area contributed by atoms with Crippen LogP contribution in [0.5, 0.6) is 0 Å². The van der Waals surface area contributed by atoms with Crippen LogP contribution in [0.25, 0.3) is 0 Å². The summed E-state index contributed by atoms with van der Waals surface area (Å²) in [6.07, 6.45) is 4.46. The third-order valence-corrected chi connectivity index (χ3v) is 7.06. The van der Waals surface area contributed by atoms with Crippen molar-refractivity contribution < 1.29 is 29.0 Å². The normalized spacial score (nSPS) is 21.6. The van der Waals surface area contributed by atoms with Gasteiger partial charge in [0, 0.05) is 12.5 Å². The molecule has 0 radical (unpaired) electrons. The summed E-state index contributed by atoms with van der Waals surface area (Å²) in [4.78, 5) is 50.6. The van der Waals surface area contributed by atoms with Gasteiger partial charge in [-0.25, -0.2) is 4.79 Å². The minimum absolute atomic E-state index is 0.00461. The first-order chi connectivity index (χ1) is 17.4. The molecule has 1 heterocycles. The highest BCUT2D eigenvalue weighted by Crippen LogP contribution is 2.35. The molecule has 0 unspecified atom stereocenters. The Hall–Kier alpha value is -3.14. The molecule has 1 aromatic rings. The number of nitrogens with one attached hydrogen (secondary N) is 4. The van der Waals surface area contributed by atoms with E-state index in [2.05, 4.69) is 21.3 Å². The largest absolute Gasteiger partial charge is 0.445 e. The van der Waals surface area contributed by atoms with Crippen molar-refractivity contribution in [1.82, 2.24) is 21.3 Å². The van der Waals surface area contributed by atoms with Crippen LogP contribution in [0, 0.1) is 17.8 Å². The summed E-state index contributed by atoms with van der Waals surface area (Å²) in [6, 6.07) is 7.14. The summed E-state index contributed by atoms with van der Waals surface area (Å²) in [5.74, 6) is -0.741. The summed E-state index contributed by atoms with van der Waals surface area (Å²) < 4.78 is 5.28. The van der Waals surface area contributed by atoms with Gasteiger partial charge in [0.15, 0.2) is 0 Å². The van der Waals surface area contributed by atoms with Gasteiger partial charge in [0.05, 0.1) is 12.6 Å². The van der Waals surface area contributed by atoms with E-state index in [1.807, 2.05) is 30.3 Å². The molecule has 1 aromatic carbocycles. The molecule has 0 spiro atoms. The summed E-state index contributed by atoms with van der Waals surface area (Å²) in [6.45, 7) is 0.401. The molecule has 10 nitrogen and oxygen atoms in total. The Morgan fingerprint density at radius 3 is 2.33 bits per heavy atom. The number of benzene rings is 1. The van der Waals surface area contributed by atoms with Gasteiger partial charge >= 0.3 is 6.09 Å². The number of ether oxygens (including phenoxy) is 1. The van der Waals surface area contributed by atoms with Gasteiger partial charge in [-0.1, -0.05) is 43.2 Å². The molecular weight excluding hydrogens is 464 g/mol. The van der Waals surface area contributed by atoms with E-state index in [0.717, 1.165) is 31.2 Å². The summed E-state index contributed by atoms with van der Waals surface area (Å²) in [5.41, 5.74) is 0.842. The van der Waals surface area contributed by atoms with Gasteiger partial charge in [-0.2, -0.15) is 0 Å². The zero-order chi connectivity index (χ0) is 25.5. The Balaban J connectivity index is 1.32. The fourth-order valence-corrected chi connectivity index (χ4v) is 4.59. The smallest absolute Gasteiger partial charge is 0.408 e. The second-order valence-corrected chi connectivity index (χ2v) is 10.2. The quantitative estimate of drug-likeness (QED) is 0.273. The molecular formula is C26H36N4O6. The van der Waals surface area contributed by atoms with Crippen molar-refractivity contribution in [3.05, 3.63) is 35.9 Å². The van der Waals surface area contributed by atoms with Crippen molar-refractivity contribution >= 4 is 23.8 Å². The van der Waals surface area contributed by atoms with Crippen molar-refractivity contribution in [1.29, 1.82) is 0 Å². The molecule has 0 aromatic heterocycles. The topological polar surface area (TPSA) is 146 Å². The van der Waals surface area contributed by atoms with E-state index in [0.29, 0.717) is 31.7 Å². The van der Waals surface area contributed by atoms with Gasteiger partial charge in [0.2, 0.25) is 17.7 Å². The van der Waals surface area contributed by atoms with E-state index in [9.17, 15) is 24.3 Å². The van der Waals surface area contributed by atoms with Crippen molar-refractivity contribution in [2.75, 3.05) is 13.2 Å². The first kappa shape index (κ1) is 25.9. The molecule has 1 aliphatic heterocycles. The minimum atomic E-state index is -0.779. The Morgan fingerprint density at radius 1 is 0.972 bits per heavy atom. The molecule has 2 saturated carbocycles. The van der Waals surface area contributed by atoms with Crippen LogP contribution in [-0.4, -0.2) is 60.2 Å². The number of hydrogen-bond acceptors (Lipinski definition) is 6. The average molecular weight is 501 g/mol. The first-order valence-corrected chi connectivity index (χ1v) is 12.9. The zero-order valence-corrected chi connectivity index (χ0v) is 20.4. The Bertz CT molecular complexity index is 934. The molecule has 5 N–H and O–H groups in total. The molecule has 196 valence electrons. The number of aliphatic hydroxyl groups is 1. The van der Waals surface area contributed by atoms with Gasteiger partial charge in [0.1, 0.15) is 18.7 Å². The van der Waals surface area contributed by atoms with Crippen LogP contribution in [0.4, 0.5) is 4.79 Å². The maximum absolute atomic E-state index is 13.2. The third-order valence-electron chi connectivity index (χ3n) is 7.06. The lowest BCUT2D eigenvalue weighted by molar-refractivity contribution is -0.131. The van der Waals surface area contributed by atoms with Crippen LogP contribution in [0.3, 0.4) is 0 Å². The van der Waals surface area contributed by atoms with Crippen LogP contribution in [0.15, 0.2) is 30.3 Å². The highest BCUT2D eigenvalue weighted by Gasteiger charge is 2.40. The fourth-order valence-electron chi connectivity index (χ4n) is 4.59. The Morgan fingerprint density at radius 2 is 1.72 bits per heavy atom. The monoisotopic (exact) mass is 500 g/mol. The molecule has 36 heavy (non-hydrogen) atoms. The van der Waals surface area contributed by atoms with E-state index in [1.165, 1.54) is 0 Å². The SMILES string of the molecule is O=C(N[C@H](C(=O)N[C@@H](CC1CC1)C(=O)N[C@H](CO)C[C@@H]1CCNC1=O)C1CC1)OCc1ccccc1. The maximum atomic E-state index is 13.2. The van der Waals surface area contributed by atoms with Crippen molar-refractivity contribution in [2.45, 2.75) is 69.7 Å². The lowest BCUT2D eigenvalue weighted by atomic mass is 9.98. The number of carbonyl (C=O) groups is 4. The van der Waals surface area contributed by atoms with Gasteiger partial charge in [0.25, 0.3) is 0 Å². The van der Waals surface area contributed by atoms with E-state index in [4.69, 9.17) is 4.74 Å². The fraction of sp³-hybridized carbons (Fsp3) is 0.615. The number of carbonyl (C=O) groups excluding carboxylic acids is 4. The summed E-state index contributed by atoms with van der Waals surface area (Å²) >= 11 is 0. The zero-order valence-electron chi connectivity index (χ0n) is 20.4. The van der Waals surface area contributed by atoms with Crippen LogP contribution < -0.4 is 21.3 Å². The lowest BCUT2D eigenvalue weighted by Crippen LogP contribution is -2.56. The van der Waals surface area contributed by atoms with Crippen LogP contribution in [0.2, 0.25) is 0 Å². The number of rotatable bonds is 13. The number of alkyl carbamates (subject to hydrolysis) is 1. The maximum Gasteiger partial charge on any atom is 0.408 e. The van der Waals surface area contributed by atoms with Crippen LogP contribution in [-0.2, 0) is 25.7 Å². The Labute approximate surface area is 210 Å². The van der Waals surface area contributed by atoms with Gasteiger partial charge in [-0.3, -0.25) is 14.4 Å². The molecule has 4 amide bonds. The highest BCUT2D eigenvalue weighted by atomic mass is 16.5. The van der Waals surface area contributed by atoms with Crippen LogP contribution >= 0.6 is 0 Å². The number of hydrogen-bond donors (Lipinski definition) is 5. The van der Waals surface area contributed by atoms with Crippen molar-refractivity contribution in [2.24, 2.45) is 17.8 Å². The molecule has 1 saturated heterocycles. The second-order valence-electron chi connectivity index (χ2n) is 10.2. The number of aliphatic hydroxyl groups excluding tert-OH is 1. The molecule has 0 bridgehead atoms. The highest BCUT2D eigenvalue weighted by molar-refractivity contribution is 5.92. The molecule has 3 fully saturated rings.